The molecule has 0 aliphatic rings. The van der Waals surface area contributed by atoms with Gasteiger partial charge in [-0.25, -0.2) is 0 Å². The molecule has 1 N–H and O–H groups in total. The largest absolute Gasteiger partial charge is 0.481 e. The standard InChI is InChI=1S/C14H12O2S3/c15-14(16)8-9-7-12(5-6-13(9)18)19-11-3-1-10(17)2-4-11/h1-7,17-18H,8H2,(H,15,16). The number of benzene rings is 2. The fraction of sp³-hybridized carbons (Fsp3) is 0.0714. The van der Waals surface area contributed by atoms with Crippen molar-refractivity contribution in [3.63, 3.8) is 0 Å². The van der Waals surface area contributed by atoms with Gasteiger partial charge in [0, 0.05) is 19.6 Å². The topological polar surface area (TPSA) is 37.3 Å². The summed E-state index contributed by atoms with van der Waals surface area (Å²) < 4.78 is 0. The molecule has 0 atom stereocenters. The summed E-state index contributed by atoms with van der Waals surface area (Å²) in [6.45, 7) is 0. The SMILES string of the molecule is O=C(O)Cc1cc(Sc2ccc(S)cc2)ccc1S. The van der Waals surface area contributed by atoms with Gasteiger partial charge in [0.2, 0.25) is 0 Å². The van der Waals surface area contributed by atoms with Gasteiger partial charge in [0.05, 0.1) is 6.42 Å². The first kappa shape index (κ1) is 14.4. The fourth-order valence-corrected chi connectivity index (χ4v) is 2.83. The van der Waals surface area contributed by atoms with Gasteiger partial charge in [-0.05, 0) is 48.0 Å². The number of hydrogen-bond acceptors (Lipinski definition) is 4. The van der Waals surface area contributed by atoms with E-state index in [1.807, 2.05) is 42.5 Å². The Hall–Kier alpha value is -1.04. The van der Waals surface area contributed by atoms with Crippen molar-refractivity contribution in [2.75, 3.05) is 0 Å². The molecule has 0 heterocycles. The molecule has 2 aromatic rings. The number of aliphatic carboxylic acids is 1. The first-order chi connectivity index (χ1) is 9.04. The van der Waals surface area contributed by atoms with Crippen molar-refractivity contribution in [1.29, 1.82) is 0 Å². The summed E-state index contributed by atoms with van der Waals surface area (Å²) in [4.78, 5) is 14.5. The molecule has 0 fully saturated rings. The molecule has 0 saturated heterocycles. The quantitative estimate of drug-likeness (QED) is 0.746. The maximum Gasteiger partial charge on any atom is 0.307 e. The van der Waals surface area contributed by atoms with E-state index < -0.39 is 5.97 Å². The number of rotatable bonds is 4. The lowest BCUT2D eigenvalue weighted by Gasteiger charge is -2.06. The van der Waals surface area contributed by atoms with Crippen LogP contribution in [0.25, 0.3) is 0 Å². The molecule has 5 heteroatoms. The fourth-order valence-electron chi connectivity index (χ4n) is 1.58. The smallest absolute Gasteiger partial charge is 0.307 e. The summed E-state index contributed by atoms with van der Waals surface area (Å²) in [6.07, 6.45) is -0.0111. The van der Waals surface area contributed by atoms with Crippen molar-refractivity contribution in [2.45, 2.75) is 26.0 Å². The van der Waals surface area contributed by atoms with Crippen LogP contribution in [0.4, 0.5) is 0 Å². The van der Waals surface area contributed by atoms with Gasteiger partial charge in [0.25, 0.3) is 0 Å². The summed E-state index contributed by atoms with van der Waals surface area (Å²) in [7, 11) is 0. The summed E-state index contributed by atoms with van der Waals surface area (Å²) in [5.41, 5.74) is 0.728. The van der Waals surface area contributed by atoms with Crippen LogP contribution in [0.1, 0.15) is 5.56 Å². The average Bonchev–Trinajstić information content (AvgIpc) is 2.36. The van der Waals surface area contributed by atoms with Gasteiger partial charge < -0.3 is 5.11 Å². The minimum atomic E-state index is -0.850. The lowest BCUT2D eigenvalue weighted by Crippen LogP contribution is -2.01. The second-order valence-electron chi connectivity index (χ2n) is 3.96. The van der Waals surface area contributed by atoms with E-state index in [2.05, 4.69) is 25.3 Å². The van der Waals surface area contributed by atoms with Crippen molar-refractivity contribution in [3.8, 4) is 0 Å². The van der Waals surface area contributed by atoms with Crippen LogP contribution in [0.5, 0.6) is 0 Å². The van der Waals surface area contributed by atoms with E-state index in [1.165, 1.54) is 0 Å². The molecule has 2 rings (SSSR count). The van der Waals surface area contributed by atoms with Gasteiger partial charge >= 0.3 is 5.97 Å². The number of carboxylic acid groups (broad SMARTS) is 1. The Kier molecular flexibility index (Phi) is 4.85. The molecule has 0 aliphatic carbocycles. The van der Waals surface area contributed by atoms with Gasteiger partial charge in [-0.1, -0.05) is 11.8 Å². The van der Waals surface area contributed by atoms with Gasteiger partial charge in [-0.3, -0.25) is 4.79 Å². The Morgan fingerprint density at radius 2 is 1.68 bits per heavy atom. The third-order valence-corrected chi connectivity index (χ3v) is 4.20. The predicted octanol–water partition coefficient (Wildman–Crippen LogP) is 4.04. The zero-order chi connectivity index (χ0) is 13.8. The van der Waals surface area contributed by atoms with Gasteiger partial charge in [0.15, 0.2) is 0 Å². The molecule has 2 nitrogen and oxygen atoms in total. The first-order valence-electron chi connectivity index (χ1n) is 5.55. The molecule has 0 radical (unpaired) electrons. The van der Waals surface area contributed by atoms with Crippen LogP contribution in [-0.2, 0) is 11.2 Å². The number of carboxylic acids is 1. The van der Waals surface area contributed by atoms with E-state index in [9.17, 15) is 4.79 Å². The van der Waals surface area contributed by atoms with Crippen molar-refractivity contribution in [1.82, 2.24) is 0 Å². The molecular formula is C14H12O2S3. The zero-order valence-corrected chi connectivity index (χ0v) is 12.5. The van der Waals surface area contributed by atoms with E-state index in [-0.39, 0.29) is 6.42 Å². The molecule has 0 bridgehead atoms. The maximum atomic E-state index is 10.8. The monoisotopic (exact) mass is 308 g/mol. The van der Waals surface area contributed by atoms with Gasteiger partial charge in [-0.15, -0.1) is 25.3 Å². The van der Waals surface area contributed by atoms with Crippen molar-refractivity contribution < 1.29 is 9.90 Å². The molecule has 98 valence electrons. The first-order valence-corrected chi connectivity index (χ1v) is 7.26. The molecular weight excluding hydrogens is 296 g/mol. The summed E-state index contributed by atoms with van der Waals surface area (Å²) in [6, 6.07) is 13.5. The van der Waals surface area contributed by atoms with Crippen LogP contribution in [0.3, 0.4) is 0 Å². The Balaban J connectivity index is 2.21. The number of hydrogen-bond donors (Lipinski definition) is 3. The van der Waals surface area contributed by atoms with E-state index in [0.29, 0.717) is 4.90 Å². The lowest BCUT2D eigenvalue weighted by molar-refractivity contribution is -0.136. The maximum absolute atomic E-state index is 10.8. The highest BCUT2D eigenvalue weighted by Crippen LogP contribution is 2.30. The second kappa shape index (κ2) is 6.41. The molecule has 0 aliphatic heterocycles. The lowest BCUT2D eigenvalue weighted by atomic mass is 10.1. The highest BCUT2D eigenvalue weighted by Gasteiger charge is 2.07. The van der Waals surface area contributed by atoms with E-state index >= 15 is 0 Å². The summed E-state index contributed by atoms with van der Waals surface area (Å²) in [5, 5.41) is 8.85. The third kappa shape index (κ3) is 4.23. The molecule has 0 unspecified atom stereocenters. The molecule has 0 aromatic heterocycles. The minimum absolute atomic E-state index is 0.0111. The second-order valence-corrected chi connectivity index (χ2v) is 6.10. The van der Waals surface area contributed by atoms with E-state index in [0.717, 1.165) is 20.2 Å². The zero-order valence-electron chi connectivity index (χ0n) is 9.91. The molecule has 0 saturated carbocycles. The van der Waals surface area contributed by atoms with E-state index in [1.54, 1.807) is 11.8 Å². The van der Waals surface area contributed by atoms with Gasteiger partial charge in [0.1, 0.15) is 0 Å². The normalized spacial score (nSPS) is 10.4. The van der Waals surface area contributed by atoms with Crippen LogP contribution >= 0.6 is 37.0 Å². The van der Waals surface area contributed by atoms with Crippen molar-refractivity contribution >= 4 is 43.0 Å². The third-order valence-electron chi connectivity index (χ3n) is 2.47. The molecule has 2 aromatic carbocycles. The Morgan fingerprint density at radius 1 is 1.05 bits per heavy atom. The van der Waals surface area contributed by atoms with E-state index in [4.69, 9.17) is 5.11 Å². The summed E-state index contributed by atoms with van der Waals surface area (Å²) in [5.74, 6) is -0.850. The van der Waals surface area contributed by atoms with Crippen LogP contribution in [0.15, 0.2) is 62.0 Å². The average molecular weight is 308 g/mol. The molecule has 19 heavy (non-hydrogen) atoms. The van der Waals surface area contributed by atoms with Gasteiger partial charge in [-0.2, -0.15) is 0 Å². The van der Waals surface area contributed by atoms with Crippen molar-refractivity contribution in [3.05, 3.63) is 48.0 Å². The van der Waals surface area contributed by atoms with Crippen molar-refractivity contribution in [2.24, 2.45) is 0 Å². The Bertz CT molecular complexity index is 594. The Morgan fingerprint density at radius 3 is 2.32 bits per heavy atom. The highest BCUT2D eigenvalue weighted by atomic mass is 32.2. The van der Waals surface area contributed by atoms with Crippen LogP contribution in [0, 0.1) is 0 Å². The summed E-state index contributed by atoms with van der Waals surface area (Å²) >= 11 is 10.1. The van der Waals surface area contributed by atoms with Crippen LogP contribution < -0.4 is 0 Å². The number of carbonyl (C=O) groups is 1. The highest BCUT2D eigenvalue weighted by molar-refractivity contribution is 7.99. The number of thiol groups is 2. The van der Waals surface area contributed by atoms with Crippen LogP contribution in [0.2, 0.25) is 0 Å². The predicted molar refractivity (Wildman–Crippen MR) is 82.9 cm³/mol. The Labute approximate surface area is 127 Å². The van der Waals surface area contributed by atoms with Crippen LogP contribution in [-0.4, -0.2) is 11.1 Å². The molecule has 0 amide bonds. The molecule has 0 spiro atoms. The minimum Gasteiger partial charge on any atom is -0.481 e.